The summed E-state index contributed by atoms with van der Waals surface area (Å²) in [6.07, 6.45) is 4.25. The van der Waals surface area contributed by atoms with Crippen LogP contribution in [-0.4, -0.2) is 65.5 Å². The Kier molecular flexibility index (Phi) is 8.10. The molecule has 2 aliphatic rings. The summed E-state index contributed by atoms with van der Waals surface area (Å²) >= 11 is 6.38. The average molecular weight is 591 g/mol. The van der Waals surface area contributed by atoms with Crippen molar-refractivity contribution in [1.82, 2.24) is 14.3 Å². The van der Waals surface area contributed by atoms with Crippen molar-refractivity contribution >= 4 is 34.0 Å². The zero-order valence-corrected chi connectivity index (χ0v) is 24.2. The standard InChI is InChI=1S/C31H31ClN4O6/c1-35-16-20-11-19(3-6-26(20)33-35)12-29(37)28(14-22-18-40-9-10-41-22)36-17-30(39-2)25(15-31(36)38)24-13-21(32)4-5-23(24)27-7-8-42-34-27/h3-6,11,13,15-17,22,28H,7-10,12,14,18H2,1-2H3. The second kappa shape index (κ2) is 12.1. The van der Waals surface area contributed by atoms with Crippen LogP contribution in [0.15, 0.2) is 64.8 Å². The molecule has 2 aromatic carbocycles. The highest BCUT2D eigenvalue weighted by molar-refractivity contribution is 6.31. The van der Waals surface area contributed by atoms with E-state index < -0.39 is 6.04 Å². The summed E-state index contributed by atoms with van der Waals surface area (Å²) in [6, 6.07) is 11.9. The van der Waals surface area contributed by atoms with Crippen molar-refractivity contribution in [2.24, 2.45) is 12.2 Å². The van der Waals surface area contributed by atoms with Gasteiger partial charge in [0, 0.05) is 60.1 Å². The van der Waals surface area contributed by atoms with Crippen molar-refractivity contribution < 1.29 is 23.8 Å². The van der Waals surface area contributed by atoms with Crippen LogP contribution in [0.1, 0.15) is 30.0 Å². The smallest absolute Gasteiger partial charge is 0.252 e. The van der Waals surface area contributed by atoms with Crippen LogP contribution in [-0.2, 0) is 32.6 Å². The number of hydrogen-bond acceptors (Lipinski definition) is 8. The molecule has 0 aliphatic carbocycles. The number of carbonyl (C=O) groups excluding carboxylic acids is 1. The number of rotatable bonds is 9. The highest BCUT2D eigenvalue weighted by Gasteiger charge is 2.29. The normalized spacial score (nSPS) is 17.6. The van der Waals surface area contributed by atoms with E-state index in [0.717, 1.165) is 27.7 Å². The lowest BCUT2D eigenvalue weighted by molar-refractivity contribution is -0.126. The third kappa shape index (κ3) is 5.83. The molecule has 11 heteroatoms. The average Bonchev–Trinajstić information content (AvgIpc) is 3.65. The number of oxime groups is 1. The molecule has 0 saturated carbocycles. The fraction of sp³-hybridized carbons (Fsp3) is 0.355. The molecule has 218 valence electrons. The van der Waals surface area contributed by atoms with Gasteiger partial charge in [-0.3, -0.25) is 14.3 Å². The fourth-order valence-corrected chi connectivity index (χ4v) is 5.75. The van der Waals surface area contributed by atoms with E-state index >= 15 is 0 Å². The lowest BCUT2D eigenvalue weighted by Crippen LogP contribution is -2.37. The van der Waals surface area contributed by atoms with Gasteiger partial charge in [-0.25, -0.2) is 0 Å². The Morgan fingerprint density at radius 2 is 1.98 bits per heavy atom. The number of Topliss-reactive ketones (excluding diaryl/α,β-unsaturated/α-hetero) is 1. The molecule has 42 heavy (non-hydrogen) atoms. The van der Waals surface area contributed by atoms with Gasteiger partial charge < -0.3 is 23.6 Å². The van der Waals surface area contributed by atoms with E-state index in [1.807, 2.05) is 37.5 Å². The van der Waals surface area contributed by atoms with Crippen LogP contribution < -0.4 is 10.3 Å². The predicted molar refractivity (Wildman–Crippen MR) is 158 cm³/mol. The number of ether oxygens (including phenoxy) is 3. The third-order valence-corrected chi connectivity index (χ3v) is 7.83. The minimum atomic E-state index is -0.803. The molecule has 1 saturated heterocycles. The van der Waals surface area contributed by atoms with Gasteiger partial charge in [0.15, 0.2) is 5.78 Å². The van der Waals surface area contributed by atoms with Gasteiger partial charge in [0.25, 0.3) is 5.56 Å². The number of nitrogens with zero attached hydrogens (tertiary/aromatic N) is 4. The monoisotopic (exact) mass is 590 g/mol. The molecule has 6 rings (SSSR count). The fourth-order valence-electron chi connectivity index (χ4n) is 5.58. The number of methoxy groups -OCH3 is 1. The van der Waals surface area contributed by atoms with Crippen molar-refractivity contribution in [3.05, 3.63) is 81.4 Å². The number of pyridine rings is 1. The summed E-state index contributed by atoms with van der Waals surface area (Å²) in [5.41, 5.74) is 4.16. The van der Waals surface area contributed by atoms with Crippen molar-refractivity contribution in [2.75, 3.05) is 33.5 Å². The summed E-state index contributed by atoms with van der Waals surface area (Å²) in [5.74, 6) is 0.304. The van der Waals surface area contributed by atoms with Crippen LogP contribution in [0.3, 0.4) is 0 Å². The first-order valence-electron chi connectivity index (χ1n) is 13.8. The highest BCUT2D eigenvalue weighted by atomic mass is 35.5. The Bertz CT molecular complexity index is 1720. The quantitative estimate of drug-likeness (QED) is 0.285. The molecule has 4 heterocycles. The van der Waals surface area contributed by atoms with Crippen molar-refractivity contribution in [1.29, 1.82) is 0 Å². The van der Waals surface area contributed by atoms with Crippen LogP contribution in [0.25, 0.3) is 22.0 Å². The molecule has 0 amide bonds. The molecule has 0 bridgehead atoms. The van der Waals surface area contributed by atoms with Crippen molar-refractivity contribution in [3.8, 4) is 16.9 Å². The van der Waals surface area contributed by atoms with Gasteiger partial charge in [-0.1, -0.05) is 28.9 Å². The Morgan fingerprint density at radius 3 is 2.74 bits per heavy atom. The van der Waals surface area contributed by atoms with Gasteiger partial charge >= 0.3 is 0 Å². The SMILES string of the molecule is COc1cn(C(CC2COCCO2)C(=O)Cc2ccc3nn(C)cc3c2)c(=O)cc1-c1cc(Cl)ccc1C1=NOCC1. The van der Waals surface area contributed by atoms with Crippen LogP contribution in [0, 0.1) is 0 Å². The molecule has 2 unspecified atom stereocenters. The largest absolute Gasteiger partial charge is 0.495 e. The molecule has 2 atom stereocenters. The Morgan fingerprint density at radius 1 is 1.10 bits per heavy atom. The molecule has 4 aromatic rings. The Hall–Kier alpha value is -3.99. The molecular formula is C31H31ClN4O6. The third-order valence-electron chi connectivity index (χ3n) is 7.59. The van der Waals surface area contributed by atoms with Gasteiger partial charge in [-0.15, -0.1) is 0 Å². The predicted octanol–water partition coefficient (Wildman–Crippen LogP) is 4.35. The van der Waals surface area contributed by atoms with E-state index in [0.29, 0.717) is 54.7 Å². The van der Waals surface area contributed by atoms with Gasteiger partial charge in [0.2, 0.25) is 0 Å². The maximum atomic E-state index is 13.9. The summed E-state index contributed by atoms with van der Waals surface area (Å²) in [7, 11) is 3.39. The lowest BCUT2D eigenvalue weighted by atomic mass is 9.94. The zero-order chi connectivity index (χ0) is 29.2. The number of benzene rings is 2. The molecule has 2 aromatic heterocycles. The van der Waals surface area contributed by atoms with Gasteiger partial charge in [0.1, 0.15) is 12.4 Å². The molecule has 10 nitrogen and oxygen atoms in total. The summed E-state index contributed by atoms with van der Waals surface area (Å²) < 4.78 is 20.5. The first-order valence-corrected chi connectivity index (χ1v) is 14.2. The molecular weight excluding hydrogens is 560 g/mol. The van der Waals surface area contributed by atoms with E-state index in [1.165, 1.54) is 17.7 Å². The Labute approximate surface area is 247 Å². The van der Waals surface area contributed by atoms with Gasteiger partial charge in [0.05, 0.1) is 56.5 Å². The maximum Gasteiger partial charge on any atom is 0.252 e. The minimum absolute atomic E-state index is 0.120. The van der Waals surface area contributed by atoms with E-state index in [4.69, 9.17) is 30.6 Å². The first-order chi connectivity index (χ1) is 20.4. The van der Waals surface area contributed by atoms with Crippen LogP contribution in [0.2, 0.25) is 5.02 Å². The second-order valence-electron chi connectivity index (χ2n) is 10.5. The number of aryl methyl sites for hydroxylation is 1. The van der Waals surface area contributed by atoms with E-state index in [2.05, 4.69) is 10.3 Å². The number of halogens is 1. The zero-order valence-electron chi connectivity index (χ0n) is 23.4. The van der Waals surface area contributed by atoms with E-state index in [-0.39, 0.29) is 30.3 Å². The van der Waals surface area contributed by atoms with E-state index in [9.17, 15) is 9.59 Å². The maximum absolute atomic E-state index is 13.9. The Balaban J connectivity index is 1.39. The number of fused-ring (bicyclic) bond motifs is 1. The molecule has 0 N–H and O–H groups in total. The van der Waals surface area contributed by atoms with Crippen molar-refractivity contribution in [3.63, 3.8) is 0 Å². The first kappa shape index (κ1) is 28.1. The summed E-state index contributed by atoms with van der Waals surface area (Å²) in [6.45, 7) is 1.78. The summed E-state index contributed by atoms with van der Waals surface area (Å²) in [5, 5.41) is 10.0. The van der Waals surface area contributed by atoms with E-state index in [1.54, 1.807) is 23.0 Å². The highest BCUT2D eigenvalue weighted by Crippen LogP contribution is 2.35. The number of hydrogen-bond donors (Lipinski definition) is 0. The molecule has 0 radical (unpaired) electrons. The van der Waals surface area contributed by atoms with Gasteiger partial charge in [-0.2, -0.15) is 5.10 Å². The van der Waals surface area contributed by atoms with Crippen molar-refractivity contribution in [2.45, 2.75) is 31.4 Å². The van der Waals surface area contributed by atoms with Crippen LogP contribution >= 0.6 is 11.6 Å². The number of carbonyl (C=O) groups is 1. The van der Waals surface area contributed by atoms with Crippen LogP contribution in [0.5, 0.6) is 5.75 Å². The lowest BCUT2D eigenvalue weighted by Gasteiger charge is -2.28. The number of ketones is 1. The minimum Gasteiger partial charge on any atom is -0.495 e. The number of aromatic nitrogens is 3. The van der Waals surface area contributed by atoms with Gasteiger partial charge in [-0.05, 0) is 35.4 Å². The molecule has 2 aliphatic heterocycles. The molecule has 1 fully saturated rings. The second-order valence-corrected chi connectivity index (χ2v) is 10.9. The topological polar surface area (TPSA) is 106 Å². The molecule has 0 spiro atoms. The van der Waals surface area contributed by atoms with Crippen LogP contribution in [0.4, 0.5) is 0 Å². The summed E-state index contributed by atoms with van der Waals surface area (Å²) in [4.78, 5) is 33.0.